The van der Waals surface area contributed by atoms with Crippen molar-refractivity contribution in [2.45, 2.75) is 0 Å². The average Bonchev–Trinajstić information content (AvgIpc) is 1.83. The normalized spacial score (nSPS) is 11.6. The lowest BCUT2D eigenvalue weighted by atomic mass is 10.5. The Morgan fingerprint density at radius 1 is 1.67 bits per heavy atom. The fourth-order valence-electron chi connectivity index (χ4n) is 0.653. The van der Waals surface area contributed by atoms with Gasteiger partial charge in [-0.15, -0.1) is 6.58 Å². The van der Waals surface area contributed by atoms with Crippen LogP contribution in [0.3, 0.4) is 0 Å². The van der Waals surface area contributed by atoms with Gasteiger partial charge in [-0.3, -0.25) is 0 Å². The molecule has 0 fully saturated rings. The minimum atomic E-state index is -3.15. The molecule has 12 heavy (non-hydrogen) atoms. The zero-order chi connectivity index (χ0) is 9.78. The van der Waals surface area contributed by atoms with E-state index in [2.05, 4.69) is 29.1 Å². The Kier molecular flexibility index (Phi) is 4.74. The van der Waals surface area contributed by atoms with E-state index in [0.717, 1.165) is 6.26 Å². The highest BCUT2D eigenvalue weighted by molar-refractivity contribution is 9.11. The summed E-state index contributed by atoms with van der Waals surface area (Å²) in [5.74, 6) is 0. The van der Waals surface area contributed by atoms with Gasteiger partial charge in [0.2, 0.25) is 10.0 Å². The molecule has 5 heteroatoms. The first-order valence-electron chi connectivity index (χ1n) is 3.27. The Bertz CT molecular complexity index is 271. The molecule has 0 aliphatic rings. The summed E-state index contributed by atoms with van der Waals surface area (Å²) in [4.78, 5) is 0. The van der Waals surface area contributed by atoms with Crippen molar-refractivity contribution >= 4 is 26.0 Å². The first-order valence-corrected chi connectivity index (χ1v) is 5.91. The van der Waals surface area contributed by atoms with Crippen LogP contribution in [0, 0.1) is 0 Å². The quantitative estimate of drug-likeness (QED) is 0.694. The molecule has 0 saturated carbocycles. The average molecular weight is 254 g/mol. The van der Waals surface area contributed by atoms with E-state index in [1.54, 1.807) is 0 Å². The highest BCUT2D eigenvalue weighted by atomic mass is 79.9. The summed E-state index contributed by atoms with van der Waals surface area (Å²) in [7, 11) is -3.15. The molecule has 3 nitrogen and oxygen atoms in total. The molecule has 0 unspecified atom stereocenters. The van der Waals surface area contributed by atoms with E-state index in [-0.39, 0.29) is 6.54 Å². The predicted molar refractivity (Wildman–Crippen MR) is 54.7 cm³/mol. The first-order chi connectivity index (χ1) is 5.38. The van der Waals surface area contributed by atoms with E-state index in [0.29, 0.717) is 11.0 Å². The van der Waals surface area contributed by atoms with E-state index in [4.69, 9.17) is 0 Å². The molecule has 0 rings (SSSR count). The smallest absolute Gasteiger partial charge is 0.211 e. The molecule has 0 atom stereocenters. The molecule has 0 heterocycles. The van der Waals surface area contributed by atoms with Crippen LogP contribution < -0.4 is 0 Å². The number of hydrogen-bond acceptors (Lipinski definition) is 2. The molecule has 0 radical (unpaired) electrons. The maximum atomic E-state index is 11.1. The van der Waals surface area contributed by atoms with Crippen LogP contribution in [0.4, 0.5) is 0 Å². The lowest BCUT2D eigenvalue weighted by molar-refractivity contribution is 0.478. The largest absolute Gasteiger partial charge is 0.212 e. The van der Waals surface area contributed by atoms with Crippen LogP contribution in [0.2, 0.25) is 0 Å². The van der Waals surface area contributed by atoms with Crippen molar-refractivity contribution in [2.75, 3.05) is 19.3 Å². The third-order valence-corrected chi connectivity index (χ3v) is 2.62. The second-order valence-corrected chi connectivity index (χ2v) is 5.47. The fourth-order valence-corrected chi connectivity index (χ4v) is 1.89. The Morgan fingerprint density at radius 3 is 2.42 bits per heavy atom. The molecule has 0 aromatic heterocycles. The van der Waals surface area contributed by atoms with Gasteiger partial charge < -0.3 is 0 Å². The zero-order valence-corrected chi connectivity index (χ0v) is 9.36. The van der Waals surface area contributed by atoms with Crippen molar-refractivity contribution in [3.63, 3.8) is 0 Å². The Labute approximate surface area is 81.9 Å². The van der Waals surface area contributed by atoms with E-state index in [1.807, 2.05) is 0 Å². The molecule has 0 aromatic carbocycles. The number of hydrogen-bond donors (Lipinski definition) is 0. The molecule has 0 bridgehead atoms. The number of rotatable bonds is 5. The third kappa shape index (κ3) is 4.69. The molecule has 70 valence electrons. The van der Waals surface area contributed by atoms with Crippen LogP contribution >= 0.6 is 15.9 Å². The minimum Gasteiger partial charge on any atom is -0.212 e. The lowest BCUT2D eigenvalue weighted by Gasteiger charge is -2.16. The predicted octanol–water partition coefficient (Wildman–Crippen LogP) is 1.34. The molecule has 0 N–H and O–H groups in total. The Morgan fingerprint density at radius 2 is 2.17 bits per heavy atom. The van der Waals surface area contributed by atoms with Gasteiger partial charge in [-0.1, -0.05) is 28.6 Å². The Balaban J connectivity index is 4.44. The minimum absolute atomic E-state index is 0.283. The van der Waals surface area contributed by atoms with Crippen LogP contribution in [-0.2, 0) is 10.0 Å². The van der Waals surface area contributed by atoms with Crippen LogP contribution in [-0.4, -0.2) is 32.1 Å². The Hall–Kier alpha value is -0.130. The van der Waals surface area contributed by atoms with Crippen LogP contribution in [0.5, 0.6) is 0 Å². The van der Waals surface area contributed by atoms with E-state index in [9.17, 15) is 8.42 Å². The van der Waals surface area contributed by atoms with E-state index in [1.165, 1.54) is 10.4 Å². The first kappa shape index (κ1) is 11.9. The zero-order valence-electron chi connectivity index (χ0n) is 6.96. The highest BCUT2D eigenvalue weighted by Gasteiger charge is 2.14. The fraction of sp³-hybridized carbons (Fsp3) is 0.429. The molecule has 0 aliphatic carbocycles. The van der Waals surface area contributed by atoms with Gasteiger partial charge in [0.05, 0.1) is 6.26 Å². The maximum Gasteiger partial charge on any atom is 0.211 e. The monoisotopic (exact) mass is 253 g/mol. The molecule has 0 amide bonds. The van der Waals surface area contributed by atoms with Crippen molar-refractivity contribution < 1.29 is 8.42 Å². The van der Waals surface area contributed by atoms with Crippen molar-refractivity contribution in [2.24, 2.45) is 0 Å². The number of halogens is 1. The summed E-state index contributed by atoms with van der Waals surface area (Å²) in [6.07, 6.45) is 2.70. The standard InChI is InChI=1S/C7H12BrNO2S/c1-4-5-9(6-7(2)8)12(3,10)11/h4H,1-2,5-6H2,3H3. The summed E-state index contributed by atoms with van der Waals surface area (Å²) in [6.45, 7) is 7.63. The van der Waals surface area contributed by atoms with Gasteiger partial charge in [-0.05, 0) is 0 Å². The summed E-state index contributed by atoms with van der Waals surface area (Å²) in [5.41, 5.74) is 0. The van der Waals surface area contributed by atoms with Gasteiger partial charge >= 0.3 is 0 Å². The van der Waals surface area contributed by atoms with Crippen LogP contribution in [0.15, 0.2) is 23.7 Å². The summed E-state index contributed by atoms with van der Waals surface area (Å²) >= 11 is 3.10. The summed E-state index contributed by atoms with van der Waals surface area (Å²) in [6, 6.07) is 0. The van der Waals surface area contributed by atoms with Gasteiger partial charge in [0, 0.05) is 17.6 Å². The number of nitrogens with zero attached hydrogens (tertiary/aromatic N) is 1. The van der Waals surface area contributed by atoms with Gasteiger partial charge in [-0.2, -0.15) is 4.31 Å². The van der Waals surface area contributed by atoms with Gasteiger partial charge in [-0.25, -0.2) is 8.42 Å². The van der Waals surface area contributed by atoms with Gasteiger partial charge in [0.15, 0.2) is 0 Å². The third-order valence-electron chi connectivity index (χ3n) is 1.15. The van der Waals surface area contributed by atoms with E-state index < -0.39 is 10.0 Å². The van der Waals surface area contributed by atoms with Crippen LogP contribution in [0.25, 0.3) is 0 Å². The molecule has 0 aromatic rings. The van der Waals surface area contributed by atoms with Crippen molar-refractivity contribution in [3.05, 3.63) is 23.7 Å². The molecule has 0 spiro atoms. The second-order valence-electron chi connectivity index (χ2n) is 2.36. The second kappa shape index (κ2) is 4.79. The molecular weight excluding hydrogens is 242 g/mol. The lowest BCUT2D eigenvalue weighted by Crippen LogP contribution is -2.31. The summed E-state index contributed by atoms with van der Waals surface area (Å²) < 4.78 is 24.1. The van der Waals surface area contributed by atoms with Gasteiger partial charge in [0.1, 0.15) is 0 Å². The van der Waals surface area contributed by atoms with Crippen molar-refractivity contribution in [1.82, 2.24) is 4.31 Å². The number of sulfonamides is 1. The van der Waals surface area contributed by atoms with E-state index >= 15 is 0 Å². The molecule has 0 saturated heterocycles. The molecule has 0 aliphatic heterocycles. The molecular formula is C7H12BrNO2S. The highest BCUT2D eigenvalue weighted by Crippen LogP contribution is 2.07. The van der Waals surface area contributed by atoms with Crippen molar-refractivity contribution in [1.29, 1.82) is 0 Å². The van der Waals surface area contributed by atoms with Crippen LogP contribution in [0.1, 0.15) is 0 Å². The maximum absolute atomic E-state index is 11.1. The van der Waals surface area contributed by atoms with Gasteiger partial charge in [0.25, 0.3) is 0 Å². The van der Waals surface area contributed by atoms with Crippen molar-refractivity contribution in [3.8, 4) is 0 Å². The SMILES string of the molecule is C=CCN(CC(=C)Br)S(C)(=O)=O. The summed E-state index contributed by atoms with van der Waals surface area (Å²) in [5, 5.41) is 0. The topological polar surface area (TPSA) is 37.4 Å².